The van der Waals surface area contributed by atoms with E-state index < -0.39 is 56.6 Å². The van der Waals surface area contributed by atoms with Crippen LogP contribution in [0.3, 0.4) is 0 Å². The molecule has 2 heterocycles. The van der Waals surface area contributed by atoms with E-state index in [-0.39, 0.29) is 37.4 Å². The van der Waals surface area contributed by atoms with Gasteiger partial charge in [-0.25, -0.2) is 16.0 Å². The van der Waals surface area contributed by atoms with Crippen molar-refractivity contribution in [1.29, 1.82) is 0 Å². The van der Waals surface area contributed by atoms with Gasteiger partial charge in [-0.05, 0) is 41.0 Å². The molecule has 2 rings (SSSR count). The number of amides is 1. The molecule has 12 nitrogen and oxygen atoms in total. The average Bonchev–Trinajstić information content (AvgIpc) is 3.17. The van der Waals surface area contributed by atoms with Crippen LogP contribution in [-0.4, -0.2) is 77.3 Å². The van der Waals surface area contributed by atoms with Gasteiger partial charge in [0.15, 0.2) is 6.23 Å². The minimum absolute atomic E-state index is 0.0266. The zero-order valence-corrected chi connectivity index (χ0v) is 22.8. The SMILES string of the molecule is [2H][C@@H](C)[C@H]1O[C@@H](n2cc(C)c(=O)[nH]c2=O)[C@H](OCC(=O)NC)[C@@H]1OP(OCC[N+]#[C-])N(C(C)C)C(C)C. The third-order valence-corrected chi connectivity index (χ3v) is 7.65. The summed E-state index contributed by atoms with van der Waals surface area (Å²) in [5, 5.41) is 2.49. The quantitative estimate of drug-likeness (QED) is 0.226. The number of nitrogens with zero attached hydrogens (tertiary/aromatic N) is 3. The van der Waals surface area contributed by atoms with Gasteiger partial charge in [-0.3, -0.25) is 19.1 Å². The van der Waals surface area contributed by atoms with Gasteiger partial charge in [-0.2, -0.15) is 0 Å². The van der Waals surface area contributed by atoms with Gasteiger partial charge < -0.3 is 28.7 Å². The van der Waals surface area contributed by atoms with Crippen molar-refractivity contribution < 1.29 is 24.7 Å². The summed E-state index contributed by atoms with van der Waals surface area (Å²) in [6.45, 7) is 18.2. The summed E-state index contributed by atoms with van der Waals surface area (Å²) >= 11 is 0. The van der Waals surface area contributed by atoms with Gasteiger partial charge in [0.2, 0.25) is 12.5 Å². The Balaban J connectivity index is 2.55. The standard InChI is InChI=1S/C23H38N5O7P/c1-9-17-19(35-36(33-11-10-24-7)28(14(2)3)15(4)5)20(32-13-18(29)25-8)22(34-17)27-12-16(6)21(30)26-23(27)31/h12,14-15,17,19-20,22H,9-11,13H2,1-6,8H3,(H,25,29)(H,26,30,31)/t17-,19-,20-,22-,36?/m1/s1/i9D/t9-,17+,19+,20+,22+,36?/m0. The van der Waals surface area contributed by atoms with E-state index in [0.717, 1.165) is 0 Å². The van der Waals surface area contributed by atoms with Crippen LogP contribution in [0.4, 0.5) is 0 Å². The van der Waals surface area contributed by atoms with Crippen molar-refractivity contribution in [3.05, 3.63) is 44.0 Å². The second kappa shape index (κ2) is 14.0. The van der Waals surface area contributed by atoms with E-state index in [0.29, 0.717) is 0 Å². The average molecular weight is 529 g/mol. The van der Waals surface area contributed by atoms with Crippen molar-refractivity contribution in [3.8, 4) is 0 Å². The van der Waals surface area contributed by atoms with Gasteiger partial charge >= 0.3 is 5.69 Å². The van der Waals surface area contributed by atoms with Crippen molar-refractivity contribution in [2.75, 3.05) is 26.8 Å². The van der Waals surface area contributed by atoms with Crippen LogP contribution < -0.4 is 16.6 Å². The highest BCUT2D eigenvalue weighted by molar-refractivity contribution is 7.44. The van der Waals surface area contributed by atoms with Crippen LogP contribution >= 0.6 is 8.53 Å². The Kier molecular flexibility index (Phi) is 11.0. The van der Waals surface area contributed by atoms with Crippen molar-refractivity contribution in [2.24, 2.45) is 0 Å². The molecule has 1 aromatic rings. The number of rotatable bonds is 13. The first-order valence-electron chi connectivity index (χ1n) is 12.4. The van der Waals surface area contributed by atoms with Crippen molar-refractivity contribution in [3.63, 3.8) is 0 Å². The normalized spacial score (nSPS) is 24.1. The molecule has 1 unspecified atom stereocenters. The molecule has 0 spiro atoms. The molecule has 0 aliphatic carbocycles. The second-order valence-electron chi connectivity index (χ2n) is 8.84. The smallest absolute Gasteiger partial charge is 0.330 e. The van der Waals surface area contributed by atoms with Crippen LogP contribution in [0.5, 0.6) is 0 Å². The zero-order valence-electron chi connectivity index (χ0n) is 22.9. The summed E-state index contributed by atoms with van der Waals surface area (Å²) in [5.41, 5.74) is -0.960. The van der Waals surface area contributed by atoms with E-state index >= 15 is 0 Å². The van der Waals surface area contributed by atoms with E-state index in [2.05, 4.69) is 15.1 Å². The van der Waals surface area contributed by atoms with Gasteiger partial charge in [0.25, 0.3) is 14.1 Å². The molecule has 1 aliphatic rings. The molecule has 6 atom stereocenters. The molecular formula is C23H38N5O7P. The molecular weight excluding hydrogens is 489 g/mol. The Morgan fingerprint density at radius 3 is 2.58 bits per heavy atom. The van der Waals surface area contributed by atoms with Crippen molar-refractivity contribution in [1.82, 2.24) is 19.5 Å². The maximum Gasteiger partial charge on any atom is 0.330 e. The Hall–Kier alpha value is -2.13. The van der Waals surface area contributed by atoms with Crippen molar-refractivity contribution in [2.45, 2.75) is 84.6 Å². The number of hydrogen-bond acceptors (Lipinski definition) is 8. The Bertz CT molecular complexity index is 1050. The monoisotopic (exact) mass is 528 g/mol. The lowest BCUT2D eigenvalue weighted by molar-refractivity contribution is -0.132. The van der Waals surface area contributed by atoms with Gasteiger partial charge in [-0.1, -0.05) is 6.92 Å². The largest absolute Gasteiger partial charge is 0.361 e. The zero-order chi connectivity index (χ0) is 27.9. The number of carbonyl (C=O) groups is 1. The number of hydrogen-bond donors (Lipinski definition) is 2. The molecule has 0 bridgehead atoms. The fourth-order valence-electron chi connectivity index (χ4n) is 3.87. The lowest BCUT2D eigenvalue weighted by Gasteiger charge is -2.38. The first-order chi connectivity index (χ1) is 17.4. The highest BCUT2D eigenvalue weighted by Gasteiger charge is 2.49. The molecule has 0 aromatic carbocycles. The molecule has 0 radical (unpaired) electrons. The van der Waals surface area contributed by atoms with Crippen LogP contribution in [0.25, 0.3) is 4.85 Å². The van der Waals surface area contributed by atoms with Gasteiger partial charge in [0, 0.05) is 32.3 Å². The number of aryl methyl sites for hydroxylation is 1. The summed E-state index contributed by atoms with van der Waals surface area (Å²) in [6, 6.07) is 0.0532. The molecule has 0 saturated carbocycles. The molecule has 13 heteroatoms. The number of H-pyrrole nitrogens is 1. The van der Waals surface area contributed by atoms with Crippen LogP contribution in [-0.2, 0) is 23.3 Å². The van der Waals surface area contributed by atoms with E-state index in [4.69, 9.17) is 26.5 Å². The fraction of sp³-hybridized carbons (Fsp3) is 0.739. The second-order valence-corrected chi connectivity index (χ2v) is 10.2. The minimum Gasteiger partial charge on any atom is -0.361 e. The van der Waals surface area contributed by atoms with Crippen LogP contribution in [0.1, 0.15) is 54.2 Å². The van der Waals surface area contributed by atoms with Crippen LogP contribution in [0.2, 0.25) is 0 Å². The molecule has 202 valence electrons. The van der Waals surface area contributed by atoms with Crippen LogP contribution in [0, 0.1) is 13.5 Å². The molecule has 1 aromatic heterocycles. The Morgan fingerprint density at radius 2 is 2.03 bits per heavy atom. The highest BCUT2D eigenvalue weighted by atomic mass is 31.2. The molecule has 1 aliphatic heterocycles. The summed E-state index contributed by atoms with van der Waals surface area (Å²) in [6.07, 6.45) is -3.27. The van der Waals surface area contributed by atoms with E-state index in [9.17, 15) is 14.4 Å². The number of nitrogens with one attached hydrogen (secondary N) is 2. The molecule has 36 heavy (non-hydrogen) atoms. The number of aromatic nitrogens is 2. The third-order valence-electron chi connectivity index (χ3n) is 5.52. The molecule has 2 N–H and O–H groups in total. The Morgan fingerprint density at radius 1 is 1.36 bits per heavy atom. The third kappa shape index (κ3) is 7.44. The summed E-state index contributed by atoms with van der Waals surface area (Å²) in [4.78, 5) is 42.4. The van der Waals surface area contributed by atoms with Gasteiger partial charge in [0.05, 0.1) is 6.10 Å². The molecule has 1 saturated heterocycles. The minimum atomic E-state index is -1.74. The first-order valence-corrected chi connectivity index (χ1v) is 13.0. The summed E-state index contributed by atoms with van der Waals surface area (Å²) < 4.78 is 36.3. The summed E-state index contributed by atoms with van der Waals surface area (Å²) in [5.74, 6) is -0.397. The highest BCUT2D eigenvalue weighted by Crippen LogP contribution is 2.50. The number of ether oxygens (including phenoxy) is 2. The maximum atomic E-state index is 12.7. The van der Waals surface area contributed by atoms with Crippen molar-refractivity contribution >= 4 is 14.4 Å². The van der Waals surface area contributed by atoms with E-state index in [1.807, 2.05) is 32.4 Å². The summed E-state index contributed by atoms with van der Waals surface area (Å²) in [7, 11) is -0.267. The molecule has 1 amide bonds. The predicted octanol–water partition coefficient (Wildman–Crippen LogP) is 1.95. The number of likely N-dealkylation sites (N-methyl/N-ethyl adjacent to an activating group) is 1. The van der Waals surface area contributed by atoms with Gasteiger partial charge in [0.1, 0.15) is 25.4 Å². The fourth-order valence-corrected chi connectivity index (χ4v) is 5.61. The Labute approximate surface area is 214 Å². The van der Waals surface area contributed by atoms with E-state index in [1.54, 1.807) is 13.8 Å². The molecule has 1 fully saturated rings. The maximum absolute atomic E-state index is 12.7. The van der Waals surface area contributed by atoms with Crippen LogP contribution in [0.15, 0.2) is 15.8 Å². The predicted molar refractivity (Wildman–Crippen MR) is 135 cm³/mol. The van der Waals surface area contributed by atoms with E-state index in [1.165, 1.54) is 17.8 Å². The topological polar surface area (TPSA) is 128 Å². The lowest BCUT2D eigenvalue weighted by Crippen LogP contribution is -2.43. The first kappa shape index (κ1) is 28.4. The lowest BCUT2D eigenvalue weighted by atomic mass is 10.1. The number of carbonyl (C=O) groups excluding carboxylic acids is 1. The van der Waals surface area contributed by atoms with Gasteiger partial charge in [-0.15, -0.1) is 0 Å². The number of aromatic amines is 1.